The summed E-state index contributed by atoms with van der Waals surface area (Å²) in [7, 11) is -3.45. The summed E-state index contributed by atoms with van der Waals surface area (Å²) >= 11 is 0. The maximum atomic E-state index is 12.1. The first-order chi connectivity index (χ1) is 11.8. The van der Waals surface area contributed by atoms with E-state index in [9.17, 15) is 13.2 Å². The van der Waals surface area contributed by atoms with Crippen molar-refractivity contribution in [2.24, 2.45) is 0 Å². The van der Waals surface area contributed by atoms with Crippen LogP contribution in [-0.2, 0) is 21.4 Å². The van der Waals surface area contributed by atoms with Gasteiger partial charge in [-0.2, -0.15) is 4.31 Å². The monoisotopic (exact) mass is 367 g/mol. The third-order valence-corrected chi connectivity index (χ3v) is 5.64. The van der Waals surface area contributed by atoms with E-state index in [1.807, 2.05) is 31.2 Å². The Morgan fingerprint density at radius 3 is 2.44 bits per heavy atom. The summed E-state index contributed by atoms with van der Waals surface area (Å²) in [5, 5.41) is 2.83. The van der Waals surface area contributed by atoms with Gasteiger partial charge in [0.05, 0.1) is 12.8 Å². The van der Waals surface area contributed by atoms with Crippen molar-refractivity contribution in [3.8, 4) is 0 Å². The molecule has 0 aromatic heterocycles. The van der Waals surface area contributed by atoms with Crippen LogP contribution in [0.4, 0.5) is 0 Å². The van der Waals surface area contributed by atoms with Crippen molar-refractivity contribution in [3.63, 3.8) is 0 Å². The van der Waals surface area contributed by atoms with Crippen molar-refractivity contribution in [2.75, 3.05) is 39.0 Å². The first-order valence-corrected chi connectivity index (χ1v) is 10.7. The summed E-state index contributed by atoms with van der Waals surface area (Å²) in [6.45, 7) is 5.90. The average molecular weight is 368 g/mol. The standard InChI is InChI=1S/C18H29N3O3S/c1-16-6-8-17(9-7-16)14-21(25(2,23)24)15-18(22)19-10-5-13-20-11-3-4-12-20/h6-9H,3-5,10-15H2,1-2H3,(H,19,22). The number of hydrogen-bond acceptors (Lipinski definition) is 4. The molecular formula is C18H29N3O3S. The van der Waals surface area contributed by atoms with E-state index < -0.39 is 10.0 Å². The van der Waals surface area contributed by atoms with Crippen molar-refractivity contribution in [2.45, 2.75) is 32.7 Å². The number of nitrogens with zero attached hydrogens (tertiary/aromatic N) is 2. The molecule has 1 heterocycles. The van der Waals surface area contributed by atoms with Crippen LogP contribution in [0, 0.1) is 6.92 Å². The highest BCUT2D eigenvalue weighted by molar-refractivity contribution is 7.88. The van der Waals surface area contributed by atoms with Gasteiger partial charge >= 0.3 is 0 Å². The molecule has 0 radical (unpaired) electrons. The summed E-state index contributed by atoms with van der Waals surface area (Å²) < 4.78 is 25.2. The Morgan fingerprint density at radius 1 is 1.20 bits per heavy atom. The zero-order valence-corrected chi connectivity index (χ0v) is 16.0. The summed E-state index contributed by atoms with van der Waals surface area (Å²) in [4.78, 5) is 14.5. The van der Waals surface area contributed by atoms with Crippen molar-refractivity contribution in [3.05, 3.63) is 35.4 Å². The average Bonchev–Trinajstić information content (AvgIpc) is 3.05. The molecule has 0 atom stereocenters. The fourth-order valence-electron chi connectivity index (χ4n) is 2.94. The maximum Gasteiger partial charge on any atom is 0.235 e. The van der Waals surface area contributed by atoms with E-state index in [2.05, 4.69) is 10.2 Å². The van der Waals surface area contributed by atoms with Gasteiger partial charge in [-0.3, -0.25) is 4.79 Å². The van der Waals surface area contributed by atoms with Gasteiger partial charge < -0.3 is 10.2 Å². The van der Waals surface area contributed by atoms with Crippen LogP contribution >= 0.6 is 0 Å². The number of sulfonamides is 1. The molecule has 1 fully saturated rings. The number of carbonyl (C=O) groups excluding carboxylic acids is 1. The molecule has 0 aliphatic carbocycles. The Kier molecular flexibility index (Phi) is 7.40. The molecule has 1 aromatic carbocycles. The number of likely N-dealkylation sites (tertiary alicyclic amines) is 1. The fourth-order valence-corrected chi connectivity index (χ4v) is 3.68. The highest BCUT2D eigenvalue weighted by atomic mass is 32.2. The van der Waals surface area contributed by atoms with E-state index in [1.54, 1.807) is 0 Å². The molecule has 1 N–H and O–H groups in total. The molecule has 0 spiro atoms. The molecule has 6 nitrogen and oxygen atoms in total. The van der Waals surface area contributed by atoms with Gasteiger partial charge in [-0.1, -0.05) is 29.8 Å². The zero-order valence-electron chi connectivity index (χ0n) is 15.2. The normalized spacial score (nSPS) is 15.6. The minimum atomic E-state index is -3.45. The van der Waals surface area contributed by atoms with Gasteiger partial charge in [0.25, 0.3) is 0 Å². The zero-order chi connectivity index (χ0) is 18.3. The van der Waals surface area contributed by atoms with Crippen molar-refractivity contribution in [1.82, 2.24) is 14.5 Å². The molecule has 0 saturated carbocycles. The van der Waals surface area contributed by atoms with Crippen LogP contribution in [-0.4, -0.2) is 62.5 Å². The Bertz CT molecular complexity index is 653. The number of hydrogen-bond donors (Lipinski definition) is 1. The van der Waals surface area contributed by atoms with Crippen LogP contribution in [0.1, 0.15) is 30.4 Å². The van der Waals surface area contributed by atoms with E-state index in [4.69, 9.17) is 0 Å². The Labute approximate surface area is 151 Å². The molecule has 25 heavy (non-hydrogen) atoms. The van der Waals surface area contributed by atoms with Gasteiger partial charge in [0, 0.05) is 13.1 Å². The summed E-state index contributed by atoms with van der Waals surface area (Å²) in [5.74, 6) is -0.251. The second kappa shape index (κ2) is 9.31. The molecule has 7 heteroatoms. The number of aryl methyl sites for hydroxylation is 1. The SMILES string of the molecule is Cc1ccc(CN(CC(=O)NCCCN2CCCC2)S(C)(=O)=O)cc1. The second-order valence-corrected chi connectivity index (χ2v) is 8.75. The lowest BCUT2D eigenvalue weighted by molar-refractivity contribution is -0.121. The number of nitrogens with one attached hydrogen (secondary N) is 1. The molecule has 140 valence electrons. The Morgan fingerprint density at radius 2 is 1.84 bits per heavy atom. The highest BCUT2D eigenvalue weighted by Crippen LogP contribution is 2.10. The summed E-state index contributed by atoms with van der Waals surface area (Å²) in [5.41, 5.74) is 1.99. The molecule has 1 aliphatic heterocycles. The van der Waals surface area contributed by atoms with Gasteiger partial charge in [0.15, 0.2) is 0 Å². The molecule has 0 bridgehead atoms. The minimum Gasteiger partial charge on any atom is -0.355 e. The van der Waals surface area contributed by atoms with E-state index >= 15 is 0 Å². The molecule has 1 amide bonds. The van der Waals surface area contributed by atoms with Crippen LogP contribution in [0.3, 0.4) is 0 Å². The predicted octanol–water partition coefficient (Wildman–Crippen LogP) is 1.36. The first-order valence-electron chi connectivity index (χ1n) is 8.84. The van der Waals surface area contributed by atoms with Gasteiger partial charge in [-0.05, 0) is 51.4 Å². The van der Waals surface area contributed by atoms with Crippen LogP contribution in [0.15, 0.2) is 24.3 Å². The van der Waals surface area contributed by atoms with Gasteiger partial charge in [0.1, 0.15) is 0 Å². The van der Waals surface area contributed by atoms with Crippen molar-refractivity contribution >= 4 is 15.9 Å². The molecule has 1 aliphatic rings. The van der Waals surface area contributed by atoms with E-state index in [1.165, 1.54) is 17.1 Å². The lowest BCUT2D eigenvalue weighted by Crippen LogP contribution is -2.40. The van der Waals surface area contributed by atoms with E-state index in [-0.39, 0.29) is 19.0 Å². The van der Waals surface area contributed by atoms with Crippen molar-refractivity contribution in [1.29, 1.82) is 0 Å². The van der Waals surface area contributed by atoms with E-state index in [0.717, 1.165) is 43.4 Å². The quantitative estimate of drug-likeness (QED) is 0.669. The van der Waals surface area contributed by atoms with Crippen LogP contribution in [0.2, 0.25) is 0 Å². The summed E-state index contributed by atoms with van der Waals surface area (Å²) in [6.07, 6.45) is 4.55. The van der Waals surface area contributed by atoms with Crippen LogP contribution in [0.5, 0.6) is 0 Å². The third-order valence-electron chi connectivity index (χ3n) is 4.44. The number of benzene rings is 1. The second-order valence-electron chi connectivity index (χ2n) is 6.77. The van der Waals surface area contributed by atoms with E-state index in [0.29, 0.717) is 6.54 Å². The largest absolute Gasteiger partial charge is 0.355 e. The number of amides is 1. The molecule has 1 saturated heterocycles. The van der Waals surface area contributed by atoms with Crippen LogP contribution in [0.25, 0.3) is 0 Å². The maximum absolute atomic E-state index is 12.1. The lowest BCUT2D eigenvalue weighted by atomic mass is 10.1. The lowest BCUT2D eigenvalue weighted by Gasteiger charge is -2.20. The van der Waals surface area contributed by atoms with Crippen LogP contribution < -0.4 is 5.32 Å². The highest BCUT2D eigenvalue weighted by Gasteiger charge is 2.20. The van der Waals surface area contributed by atoms with Gasteiger partial charge in [-0.15, -0.1) is 0 Å². The molecule has 2 rings (SSSR count). The Hall–Kier alpha value is -1.44. The predicted molar refractivity (Wildman–Crippen MR) is 99.7 cm³/mol. The number of rotatable bonds is 9. The smallest absolute Gasteiger partial charge is 0.235 e. The minimum absolute atomic E-state index is 0.142. The number of carbonyl (C=O) groups is 1. The van der Waals surface area contributed by atoms with Crippen molar-refractivity contribution < 1.29 is 13.2 Å². The first kappa shape index (κ1) is 19.9. The fraction of sp³-hybridized carbons (Fsp3) is 0.611. The Balaban J connectivity index is 1.79. The molecule has 1 aromatic rings. The summed E-state index contributed by atoms with van der Waals surface area (Å²) in [6, 6.07) is 7.66. The molecule has 0 unspecified atom stereocenters. The third kappa shape index (κ3) is 7.13. The van der Waals surface area contributed by atoms with Gasteiger partial charge in [0.2, 0.25) is 15.9 Å². The molecular weight excluding hydrogens is 338 g/mol. The topological polar surface area (TPSA) is 69.7 Å². The van der Waals surface area contributed by atoms with Gasteiger partial charge in [-0.25, -0.2) is 8.42 Å².